The van der Waals surface area contributed by atoms with Crippen LogP contribution in [0.15, 0.2) is 6.07 Å². The lowest BCUT2D eigenvalue weighted by Gasteiger charge is -2.27. The highest BCUT2D eigenvalue weighted by molar-refractivity contribution is 6.33. The second-order valence-electron chi connectivity index (χ2n) is 4.95. The molecule has 0 radical (unpaired) electrons. The number of nitrogens with zero attached hydrogens (tertiary/aromatic N) is 1. The summed E-state index contributed by atoms with van der Waals surface area (Å²) in [6.07, 6.45) is 0.822. The molecule has 0 aromatic heterocycles. The van der Waals surface area contributed by atoms with Gasteiger partial charge in [-0.05, 0) is 6.42 Å². The zero-order valence-corrected chi connectivity index (χ0v) is 13.6. The van der Waals surface area contributed by atoms with Gasteiger partial charge in [0.1, 0.15) is 5.75 Å². The number of methoxy groups -OCH3 is 3. The normalized spacial score (nSPS) is 15.8. The number of nitrogens with one attached hydrogen (secondary N) is 1. The Bertz CT molecular complexity index is 476. The Morgan fingerprint density at radius 2 is 1.76 bits per heavy atom. The quantitative estimate of drug-likeness (QED) is 0.867. The number of piperazine rings is 1. The number of hydrogen-bond donors (Lipinski definition) is 1. The molecule has 21 heavy (non-hydrogen) atoms. The Labute approximate surface area is 131 Å². The van der Waals surface area contributed by atoms with Crippen molar-refractivity contribution in [1.29, 1.82) is 0 Å². The fraction of sp³-hybridized carbons (Fsp3) is 0.600. The Hall–Kier alpha value is -1.17. The van der Waals surface area contributed by atoms with Gasteiger partial charge in [-0.3, -0.25) is 0 Å². The largest absolute Gasteiger partial charge is 0.496 e. The Morgan fingerprint density at radius 3 is 2.33 bits per heavy atom. The minimum atomic E-state index is 0.565. The summed E-state index contributed by atoms with van der Waals surface area (Å²) >= 11 is 6.48. The molecule has 0 spiro atoms. The van der Waals surface area contributed by atoms with Gasteiger partial charge >= 0.3 is 0 Å². The SMILES string of the molecule is COc1cc(OC)c(OC)c(Cl)c1CCN1CCNCC1. The summed E-state index contributed by atoms with van der Waals surface area (Å²) in [6, 6.07) is 1.83. The molecule has 1 aromatic rings. The van der Waals surface area contributed by atoms with Crippen LogP contribution in [0.5, 0.6) is 17.2 Å². The molecule has 1 fully saturated rings. The Morgan fingerprint density at radius 1 is 1.10 bits per heavy atom. The van der Waals surface area contributed by atoms with E-state index in [1.807, 2.05) is 6.07 Å². The van der Waals surface area contributed by atoms with Gasteiger partial charge in [-0.25, -0.2) is 0 Å². The van der Waals surface area contributed by atoms with Gasteiger partial charge in [-0.1, -0.05) is 11.6 Å². The molecule has 0 unspecified atom stereocenters. The van der Waals surface area contributed by atoms with Crippen LogP contribution in [0.25, 0.3) is 0 Å². The van der Waals surface area contributed by atoms with Crippen LogP contribution in [0.1, 0.15) is 5.56 Å². The van der Waals surface area contributed by atoms with Gasteiger partial charge in [0, 0.05) is 44.4 Å². The number of rotatable bonds is 6. The summed E-state index contributed by atoms with van der Waals surface area (Å²) in [5.74, 6) is 1.90. The molecule has 0 aliphatic carbocycles. The second kappa shape index (κ2) is 7.73. The van der Waals surface area contributed by atoms with E-state index < -0.39 is 0 Å². The monoisotopic (exact) mass is 314 g/mol. The van der Waals surface area contributed by atoms with Gasteiger partial charge in [0.2, 0.25) is 0 Å². The molecule has 0 amide bonds. The molecule has 0 bridgehead atoms. The standard InChI is InChI=1S/C15H23ClN2O3/c1-19-12-10-13(20-2)15(21-3)14(16)11(12)4-7-18-8-5-17-6-9-18/h10,17H,4-9H2,1-3H3. The van der Waals surface area contributed by atoms with E-state index in [-0.39, 0.29) is 0 Å². The third kappa shape index (κ3) is 3.73. The smallest absolute Gasteiger partial charge is 0.179 e. The van der Waals surface area contributed by atoms with Crippen molar-refractivity contribution >= 4 is 11.6 Å². The third-order valence-electron chi connectivity index (χ3n) is 3.78. The summed E-state index contributed by atoms with van der Waals surface area (Å²) < 4.78 is 16.1. The highest BCUT2D eigenvalue weighted by Gasteiger charge is 2.20. The number of benzene rings is 1. The van der Waals surface area contributed by atoms with Crippen molar-refractivity contribution in [3.05, 3.63) is 16.7 Å². The molecule has 1 N–H and O–H groups in total. The van der Waals surface area contributed by atoms with Gasteiger partial charge in [0.15, 0.2) is 11.5 Å². The van der Waals surface area contributed by atoms with Gasteiger partial charge < -0.3 is 24.4 Å². The predicted octanol–water partition coefficient (Wildman–Crippen LogP) is 1.81. The van der Waals surface area contributed by atoms with Gasteiger partial charge in [0.05, 0.1) is 26.4 Å². The van der Waals surface area contributed by atoms with Crippen molar-refractivity contribution in [2.75, 3.05) is 54.1 Å². The number of ether oxygens (including phenoxy) is 3. The molecule has 1 aliphatic rings. The second-order valence-corrected chi connectivity index (χ2v) is 5.33. The van der Waals surface area contributed by atoms with Gasteiger partial charge in [-0.15, -0.1) is 0 Å². The lowest BCUT2D eigenvalue weighted by atomic mass is 10.1. The van der Waals surface area contributed by atoms with E-state index in [1.54, 1.807) is 21.3 Å². The molecular weight excluding hydrogens is 292 g/mol. The molecule has 2 rings (SSSR count). The van der Waals surface area contributed by atoms with Crippen molar-refractivity contribution in [1.82, 2.24) is 10.2 Å². The molecule has 1 aromatic carbocycles. The maximum absolute atomic E-state index is 6.48. The molecule has 0 atom stereocenters. The average Bonchev–Trinajstić information content (AvgIpc) is 2.53. The van der Waals surface area contributed by atoms with Crippen LogP contribution in [0, 0.1) is 0 Å². The maximum Gasteiger partial charge on any atom is 0.179 e. The fourth-order valence-electron chi connectivity index (χ4n) is 2.59. The van der Waals surface area contributed by atoms with Crippen molar-refractivity contribution < 1.29 is 14.2 Å². The van der Waals surface area contributed by atoms with Gasteiger partial charge in [0.25, 0.3) is 0 Å². The first-order chi connectivity index (χ1) is 10.2. The van der Waals surface area contributed by atoms with E-state index in [4.69, 9.17) is 25.8 Å². The van der Waals surface area contributed by atoms with Crippen LogP contribution >= 0.6 is 11.6 Å². The molecule has 1 aliphatic heterocycles. The zero-order valence-electron chi connectivity index (χ0n) is 12.9. The Balaban J connectivity index is 2.20. The summed E-state index contributed by atoms with van der Waals surface area (Å²) in [7, 11) is 4.83. The van der Waals surface area contributed by atoms with E-state index >= 15 is 0 Å². The predicted molar refractivity (Wildman–Crippen MR) is 84.1 cm³/mol. The van der Waals surface area contributed by atoms with Crippen LogP contribution in [-0.2, 0) is 6.42 Å². The lowest BCUT2D eigenvalue weighted by Crippen LogP contribution is -2.44. The molecular formula is C15H23ClN2O3. The van der Waals surface area contributed by atoms with Crippen LogP contribution < -0.4 is 19.5 Å². The topological polar surface area (TPSA) is 43.0 Å². The first kappa shape index (κ1) is 16.2. The maximum atomic E-state index is 6.48. The van der Waals surface area contributed by atoms with Crippen LogP contribution in [0.2, 0.25) is 5.02 Å². The molecule has 6 heteroatoms. The van der Waals surface area contributed by atoms with Crippen molar-refractivity contribution in [2.45, 2.75) is 6.42 Å². The minimum absolute atomic E-state index is 0.565. The molecule has 118 valence electrons. The van der Waals surface area contributed by atoms with Crippen LogP contribution in [-0.4, -0.2) is 59.0 Å². The fourth-order valence-corrected chi connectivity index (χ4v) is 2.94. The summed E-state index contributed by atoms with van der Waals surface area (Å²) in [6.45, 7) is 5.15. The average molecular weight is 315 g/mol. The number of hydrogen-bond acceptors (Lipinski definition) is 5. The first-order valence-electron chi connectivity index (χ1n) is 7.11. The highest BCUT2D eigenvalue weighted by atomic mass is 35.5. The summed E-state index contributed by atoms with van der Waals surface area (Å²) in [5, 5.41) is 3.92. The first-order valence-corrected chi connectivity index (χ1v) is 7.49. The van der Waals surface area contributed by atoms with E-state index in [1.165, 1.54) is 0 Å². The van der Waals surface area contributed by atoms with Crippen LogP contribution in [0.3, 0.4) is 0 Å². The van der Waals surface area contributed by atoms with E-state index in [0.29, 0.717) is 16.5 Å². The third-order valence-corrected chi connectivity index (χ3v) is 4.18. The van der Waals surface area contributed by atoms with E-state index in [9.17, 15) is 0 Å². The summed E-state index contributed by atoms with van der Waals surface area (Å²) in [4.78, 5) is 2.42. The summed E-state index contributed by atoms with van der Waals surface area (Å²) in [5.41, 5.74) is 0.968. The van der Waals surface area contributed by atoms with Crippen molar-refractivity contribution in [3.8, 4) is 17.2 Å². The highest BCUT2D eigenvalue weighted by Crippen LogP contribution is 2.42. The molecule has 0 saturated carbocycles. The number of halogens is 1. The van der Waals surface area contributed by atoms with E-state index in [2.05, 4.69) is 10.2 Å². The molecule has 1 saturated heterocycles. The molecule has 5 nitrogen and oxygen atoms in total. The van der Waals surface area contributed by atoms with Gasteiger partial charge in [-0.2, -0.15) is 0 Å². The van der Waals surface area contributed by atoms with Crippen molar-refractivity contribution in [3.63, 3.8) is 0 Å². The zero-order chi connectivity index (χ0) is 15.2. The van der Waals surface area contributed by atoms with Crippen LogP contribution in [0.4, 0.5) is 0 Å². The lowest BCUT2D eigenvalue weighted by molar-refractivity contribution is 0.243. The Kier molecular flexibility index (Phi) is 5.96. The molecule has 1 heterocycles. The van der Waals surface area contributed by atoms with E-state index in [0.717, 1.165) is 50.5 Å². The van der Waals surface area contributed by atoms with Crippen molar-refractivity contribution in [2.24, 2.45) is 0 Å². The minimum Gasteiger partial charge on any atom is -0.496 e.